The number of hydrogen-bond acceptors (Lipinski definition) is 4. The van der Waals surface area contributed by atoms with E-state index in [4.69, 9.17) is 11.5 Å². The minimum Gasteiger partial charge on any atom is -0.390 e. The van der Waals surface area contributed by atoms with E-state index in [1.165, 1.54) is 6.42 Å². The highest BCUT2D eigenvalue weighted by Crippen LogP contribution is 2.39. The molecule has 5 nitrogen and oxygen atoms in total. The molecule has 3 atom stereocenters. The van der Waals surface area contributed by atoms with Crippen LogP contribution in [-0.2, 0) is 4.79 Å². The lowest BCUT2D eigenvalue weighted by Crippen LogP contribution is -2.56. The minimum absolute atomic E-state index is 0.338. The van der Waals surface area contributed by atoms with E-state index in [1.54, 1.807) is 0 Å². The Morgan fingerprint density at radius 1 is 1.47 bits per heavy atom. The number of aliphatic hydroxyl groups is 1. The van der Waals surface area contributed by atoms with Gasteiger partial charge in [0.1, 0.15) is 0 Å². The number of carbonyl (C=O) groups excluding carboxylic acids is 1. The van der Waals surface area contributed by atoms with Crippen LogP contribution in [-0.4, -0.2) is 47.2 Å². The molecule has 0 bridgehead atoms. The van der Waals surface area contributed by atoms with Crippen molar-refractivity contribution in [2.24, 2.45) is 17.4 Å². The Labute approximate surface area is 102 Å². The fourth-order valence-electron chi connectivity index (χ4n) is 3.17. The van der Waals surface area contributed by atoms with Crippen LogP contribution in [0.15, 0.2) is 0 Å². The average Bonchev–Trinajstić information content (AvgIpc) is 2.29. The van der Waals surface area contributed by atoms with Crippen LogP contribution in [0.4, 0.5) is 0 Å². The second kappa shape index (κ2) is 4.92. The molecule has 2 fully saturated rings. The summed E-state index contributed by atoms with van der Waals surface area (Å²) in [4.78, 5) is 13.1. The summed E-state index contributed by atoms with van der Waals surface area (Å²) >= 11 is 0. The van der Waals surface area contributed by atoms with E-state index in [1.807, 2.05) is 0 Å². The van der Waals surface area contributed by atoms with Crippen LogP contribution >= 0.6 is 0 Å². The molecular weight excluding hydrogens is 218 g/mol. The van der Waals surface area contributed by atoms with Crippen molar-refractivity contribution in [1.29, 1.82) is 0 Å². The van der Waals surface area contributed by atoms with Gasteiger partial charge < -0.3 is 21.5 Å². The lowest BCUT2D eigenvalue weighted by atomic mass is 9.71. The van der Waals surface area contributed by atoms with Crippen molar-refractivity contribution in [1.82, 2.24) is 4.90 Å². The van der Waals surface area contributed by atoms with Gasteiger partial charge >= 0.3 is 0 Å². The zero-order valence-electron chi connectivity index (χ0n) is 10.3. The number of nitrogens with two attached hydrogens (primary N) is 2. The van der Waals surface area contributed by atoms with Crippen LogP contribution < -0.4 is 11.5 Å². The molecule has 0 spiro atoms. The predicted octanol–water partition coefficient (Wildman–Crippen LogP) is -0.574. The Morgan fingerprint density at radius 3 is 2.94 bits per heavy atom. The van der Waals surface area contributed by atoms with Gasteiger partial charge in [-0.05, 0) is 19.3 Å². The molecule has 98 valence electrons. The number of primary amides is 1. The van der Waals surface area contributed by atoms with Crippen molar-refractivity contribution >= 4 is 5.91 Å². The molecule has 1 saturated heterocycles. The largest absolute Gasteiger partial charge is 0.390 e. The first kappa shape index (κ1) is 12.8. The van der Waals surface area contributed by atoms with Crippen molar-refractivity contribution in [3.63, 3.8) is 0 Å². The first-order valence-electron chi connectivity index (χ1n) is 6.51. The second-order valence-electron chi connectivity index (χ2n) is 5.56. The number of carbonyl (C=O) groups is 1. The zero-order valence-corrected chi connectivity index (χ0v) is 10.3. The van der Waals surface area contributed by atoms with Crippen molar-refractivity contribution in [3.8, 4) is 0 Å². The van der Waals surface area contributed by atoms with Gasteiger partial charge in [-0.15, -0.1) is 0 Å². The van der Waals surface area contributed by atoms with Gasteiger partial charge in [0.25, 0.3) is 0 Å². The lowest BCUT2D eigenvalue weighted by Gasteiger charge is -2.47. The van der Waals surface area contributed by atoms with E-state index in [2.05, 4.69) is 4.90 Å². The Bertz CT molecular complexity index is 297. The van der Waals surface area contributed by atoms with Crippen molar-refractivity contribution in [2.75, 3.05) is 19.6 Å². The molecule has 1 aliphatic heterocycles. The summed E-state index contributed by atoms with van der Waals surface area (Å²) in [7, 11) is 0. The first-order valence-corrected chi connectivity index (χ1v) is 6.51. The number of likely N-dealkylation sites (tertiary alicyclic amines) is 1. The molecule has 0 aromatic carbocycles. The van der Waals surface area contributed by atoms with Crippen LogP contribution in [0.3, 0.4) is 0 Å². The maximum absolute atomic E-state index is 10.9. The third kappa shape index (κ3) is 2.78. The molecule has 1 amide bonds. The summed E-state index contributed by atoms with van der Waals surface area (Å²) in [6.07, 6.45) is 5.13. The summed E-state index contributed by atoms with van der Waals surface area (Å²) in [5.74, 6) is -0.112. The molecular formula is C12H23N3O2. The molecule has 2 aliphatic rings. The molecule has 1 saturated carbocycles. The third-order valence-electron chi connectivity index (χ3n) is 4.33. The molecule has 1 aliphatic carbocycles. The van der Waals surface area contributed by atoms with E-state index in [0.717, 1.165) is 38.8 Å². The Balaban J connectivity index is 1.91. The summed E-state index contributed by atoms with van der Waals surface area (Å²) in [6.45, 7) is 2.17. The SMILES string of the molecule is NC(=O)C(N)CN1CCC2(O)CCCCC2C1. The van der Waals surface area contributed by atoms with Gasteiger partial charge in [0.2, 0.25) is 5.91 Å². The normalized spacial score (nSPS) is 36.2. The third-order valence-corrected chi connectivity index (χ3v) is 4.33. The summed E-state index contributed by atoms with van der Waals surface area (Å²) in [6, 6.07) is -0.593. The molecule has 0 aromatic heterocycles. The first-order chi connectivity index (χ1) is 8.01. The molecule has 0 radical (unpaired) electrons. The van der Waals surface area contributed by atoms with E-state index < -0.39 is 17.6 Å². The summed E-state index contributed by atoms with van der Waals surface area (Å²) < 4.78 is 0. The topological polar surface area (TPSA) is 92.6 Å². The van der Waals surface area contributed by atoms with Crippen molar-refractivity contribution in [3.05, 3.63) is 0 Å². The number of fused-ring (bicyclic) bond motifs is 1. The number of rotatable bonds is 3. The second-order valence-corrected chi connectivity index (χ2v) is 5.56. The van der Waals surface area contributed by atoms with E-state index in [9.17, 15) is 9.90 Å². The minimum atomic E-state index is -0.593. The molecule has 1 heterocycles. The molecule has 2 rings (SSSR count). The monoisotopic (exact) mass is 241 g/mol. The highest BCUT2D eigenvalue weighted by atomic mass is 16.3. The smallest absolute Gasteiger partial charge is 0.235 e. The Morgan fingerprint density at radius 2 is 2.24 bits per heavy atom. The maximum atomic E-state index is 10.9. The number of nitrogens with zero attached hydrogens (tertiary/aromatic N) is 1. The average molecular weight is 241 g/mol. The molecule has 0 aromatic rings. The van der Waals surface area contributed by atoms with Crippen LogP contribution in [0, 0.1) is 5.92 Å². The molecule has 5 N–H and O–H groups in total. The van der Waals surface area contributed by atoms with Gasteiger partial charge in [-0.1, -0.05) is 12.8 Å². The van der Waals surface area contributed by atoms with Crippen molar-refractivity contribution in [2.45, 2.75) is 43.7 Å². The standard InChI is InChI=1S/C12H23N3O2/c13-10(11(14)16)8-15-6-5-12(17)4-2-1-3-9(12)7-15/h9-10,17H,1-8,13H2,(H2,14,16). The highest BCUT2D eigenvalue weighted by molar-refractivity contribution is 5.79. The van der Waals surface area contributed by atoms with Crippen LogP contribution in [0.5, 0.6) is 0 Å². The summed E-state index contributed by atoms with van der Waals surface area (Å²) in [5.41, 5.74) is 10.4. The maximum Gasteiger partial charge on any atom is 0.235 e. The fraction of sp³-hybridized carbons (Fsp3) is 0.917. The Kier molecular flexibility index (Phi) is 3.70. The van der Waals surface area contributed by atoms with Gasteiger partial charge in [0.05, 0.1) is 11.6 Å². The number of amides is 1. The Hall–Kier alpha value is -0.650. The van der Waals surface area contributed by atoms with E-state index in [0.29, 0.717) is 12.5 Å². The van der Waals surface area contributed by atoms with Crippen LogP contribution in [0.2, 0.25) is 0 Å². The molecule has 17 heavy (non-hydrogen) atoms. The van der Waals surface area contributed by atoms with Crippen LogP contribution in [0.1, 0.15) is 32.1 Å². The highest BCUT2D eigenvalue weighted by Gasteiger charge is 2.42. The fourth-order valence-corrected chi connectivity index (χ4v) is 3.17. The number of piperidine rings is 1. The lowest BCUT2D eigenvalue weighted by molar-refractivity contribution is -0.121. The molecule has 3 unspecified atom stereocenters. The van der Waals surface area contributed by atoms with E-state index in [-0.39, 0.29) is 0 Å². The van der Waals surface area contributed by atoms with Gasteiger partial charge in [-0.3, -0.25) is 4.79 Å². The predicted molar refractivity (Wildman–Crippen MR) is 65.1 cm³/mol. The summed E-state index contributed by atoms with van der Waals surface area (Å²) in [5, 5.41) is 10.5. The van der Waals surface area contributed by atoms with Gasteiger partial charge in [-0.25, -0.2) is 0 Å². The van der Waals surface area contributed by atoms with E-state index >= 15 is 0 Å². The van der Waals surface area contributed by atoms with Gasteiger partial charge in [-0.2, -0.15) is 0 Å². The zero-order chi connectivity index (χ0) is 12.5. The molecule has 5 heteroatoms. The van der Waals surface area contributed by atoms with Gasteiger partial charge in [0.15, 0.2) is 0 Å². The van der Waals surface area contributed by atoms with Crippen molar-refractivity contribution < 1.29 is 9.90 Å². The van der Waals surface area contributed by atoms with Gasteiger partial charge in [0, 0.05) is 25.6 Å². The van der Waals surface area contributed by atoms with Crippen LogP contribution in [0.25, 0.3) is 0 Å². The quantitative estimate of drug-likeness (QED) is 0.616. The number of hydrogen-bond donors (Lipinski definition) is 3.